The fourth-order valence-corrected chi connectivity index (χ4v) is 2.14. The largest absolute Gasteiger partial charge is 0.478 e. The molecule has 0 spiro atoms. The van der Waals surface area contributed by atoms with Crippen molar-refractivity contribution >= 4 is 17.4 Å². The Bertz CT molecular complexity index is 723. The van der Waals surface area contributed by atoms with E-state index in [2.05, 4.69) is 4.98 Å². The van der Waals surface area contributed by atoms with Gasteiger partial charge in [-0.25, -0.2) is 15.2 Å². The van der Waals surface area contributed by atoms with Crippen LogP contribution in [-0.4, -0.2) is 22.4 Å². The lowest BCUT2D eigenvalue weighted by atomic mass is 10.0. The number of rotatable bonds is 5. The van der Waals surface area contributed by atoms with E-state index in [9.17, 15) is 4.39 Å². The van der Waals surface area contributed by atoms with Crippen molar-refractivity contribution in [1.29, 1.82) is 5.41 Å². The third-order valence-electron chi connectivity index (χ3n) is 3.20. The molecule has 2 rings (SSSR count). The Kier molecular flexibility index (Phi) is 5.52. The minimum atomic E-state index is -0.507. The van der Waals surface area contributed by atoms with Crippen LogP contribution in [0, 0.1) is 11.2 Å². The van der Waals surface area contributed by atoms with Gasteiger partial charge in [-0.3, -0.25) is 10.4 Å². The number of hydrazine groups is 1. The molecule has 0 aliphatic carbocycles. The van der Waals surface area contributed by atoms with Gasteiger partial charge < -0.3 is 4.74 Å². The second kappa shape index (κ2) is 7.39. The molecule has 0 saturated heterocycles. The Balaban J connectivity index is 2.44. The van der Waals surface area contributed by atoms with Crippen LogP contribution in [0.25, 0.3) is 11.1 Å². The molecule has 5 nitrogen and oxygen atoms in total. The van der Waals surface area contributed by atoms with E-state index in [1.165, 1.54) is 17.1 Å². The molecule has 0 aliphatic rings. The molecule has 0 bridgehead atoms. The van der Waals surface area contributed by atoms with Crippen LogP contribution in [0.2, 0.25) is 5.02 Å². The highest BCUT2D eigenvalue weighted by atomic mass is 35.5. The number of nitrogens with one attached hydrogen (secondary N) is 1. The standard InChI is InChI=1S/C16H18ClFN4O/c1-3-23-16-13(12-4-5-14(17)15(18)7-12)6-11(8-21-16)9-22(20)10(2)19/h4-8,19H,3,9,20H2,1-2H3. The molecule has 3 N–H and O–H groups in total. The van der Waals surface area contributed by atoms with E-state index < -0.39 is 5.82 Å². The van der Waals surface area contributed by atoms with Crippen molar-refractivity contribution in [2.24, 2.45) is 5.84 Å². The SMILES string of the molecule is CCOc1ncc(CN(N)C(C)=N)cc1-c1ccc(Cl)c(F)c1. The zero-order valence-corrected chi connectivity index (χ0v) is 13.7. The van der Waals surface area contributed by atoms with Crippen LogP contribution in [0.15, 0.2) is 30.5 Å². The van der Waals surface area contributed by atoms with E-state index in [4.69, 9.17) is 27.6 Å². The van der Waals surface area contributed by atoms with Gasteiger partial charge in [0, 0.05) is 11.8 Å². The molecule has 2 aromatic rings. The van der Waals surface area contributed by atoms with Crippen molar-refractivity contribution in [1.82, 2.24) is 9.99 Å². The van der Waals surface area contributed by atoms with Gasteiger partial charge in [-0.2, -0.15) is 0 Å². The lowest BCUT2D eigenvalue weighted by molar-refractivity contribution is 0.327. The molecule has 0 aliphatic heterocycles. The number of hydrogen-bond donors (Lipinski definition) is 2. The van der Waals surface area contributed by atoms with Crippen molar-refractivity contribution in [2.75, 3.05) is 6.61 Å². The first-order valence-corrected chi connectivity index (χ1v) is 7.44. The smallest absolute Gasteiger partial charge is 0.221 e. The van der Waals surface area contributed by atoms with Crippen molar-refractivity contribution in [3.05, 3.63) is 46.9 Å². The van der Waals surface area contributed by atoms with Gasteiger partial charge in [0.05, 0.1) is 18.2 Å². The number of aromatic nitrogens is 1. The Hall–Kier alpha value is -2.18. The summed E-state index contributed by atoms with van der Waals surface area (Å²) in [6.45, 7) is 4.20. The van der Waals surface area contributed by atoms with Crippen LogP contribution in [0.1, 0.15) is 19.4 Å². The fraction of sp³-hybridized carbons (Fsp3) is 0.250. The molecule has 0 unspecified atom stereocenters. The molecule has 122 valence electrons. The summed E-state index contributed by atoms with van der Waals surface area (Å²) in [6, 6.07) is 6.36. The van der Waals surface area contributed by atoms with Crippen molar-refractivity contribution in [3.8, 4) is 17.0 Å². The van der Waals surface area contributed by atoms with Crippen molar-refractivity contribution in [2.45, 2.75) is 20.4 Å². The van der Waals surface area contributed by atoms with Crippen LogP contribution < -0.4 is 10.6 Å². The molecule has 1 aromatic carbocycles. The minimum Gasteiger partial charge on any atom is -0.478 e. The quantitative estimate of drug-likeness (QED) is 0.378. The normalized spacial score (nSPS) is 10.5. The lowest BCUT2D eigenvalue weighted by Crippen LogP contribution is -2.34. The molecule has 1 aromatic heterocycles. The third kappa shape index (κ3) is 4.18. The first-order chi connectivity index (χ1) is 10.9. The molecule has 7 heteroatoms. The molecule has 0 fully saturated rings. The monoisotopic (exact) mass is 336 g/mol. The second-order valence-corrected chi connectivity index (χ2v) is 5.38. The average Bonchev–Trinajstić information content (AvgIpc) is 2.51. The van der Waals surface area contributed by atoms with E-state index in [-0.39, 0.29) is 10.9 Å². The van der Waals surface area contributed by atoms with Crippen LogP contribution in [-0.2, 0) is 6.54 Å². The van der Waals surface area contributed by atoms with E-state index >= 15 is 0 Å². The number of halogens is 2. The van der Waals surface area contributed by atoms with Crippen molar-refractivity contribution < 1.29 is 9.13 Å². The van der Waals surface area contributed by atoms with E-state index in [0.29, 0.717) is 30.2 Å². The Morgan fingerprint density at radius 3 is 2.78 bits per heavy atom. The van der Waals surface area contributed by atoms with Gasteiger partial charge in [0.25, 0.3) is 0 Å². The van der Waals surface area contributed by atoms with Gasteiger partial charge in [-0.15, -0.1) is 0 Å². The number of nitrogens with two attached hydrogens (primary N) is 1. The van der Waals surface area contributed by atoms with Crippen LogP contribution in [0.3, 0.4) is 0 Å². The van der Waals surface area contributed by atoms with Crippen LogP contribution in [0.4, 0.5) is 4.39 Å². The van der Waals surface area contributed by atoms with Gasteiger partial charge in [0.1, 0.15) is 11.7 Å². The molecule has 0 atom stereocenters. The summed E-state index contributed by atoms with van der Waals surface area (Å²) in [5.41, 5.74) is 2.05. The zero-order chi connectivity index (χ0) is 17.0. The summed E-state index contributed by atoms with van der Waals surface area (Å²) < 4.78 is 19.3. The maximum absolute atomic E-state index is 13.7. The summed E-state index contributed by atoms with van der Waals surface area (Å²) in [5, 5.41) is 8.87. The van der Waals surface area contributed by atoms with Crippen molar-refractivity contribution in [3.63, 3.8) is 0 Å². The summed E-state index contributed by atoms with van der Waals surface area (Å²) in [6.07, 6.45) is 1.63. The van der Waals surface area contributed by atoms with Crippen LogP contribution in [0.5, 0.6) is 5.88 Å². The molecule has 0 radical (unpaired) electrons. The van der Waals surface area contributed by atoms with Gasteiger partial charge in [0.2, 0.25) is 5.88 Å². The highest BCUT2D eigenvalue weighted by Gasteiger charge is 2.13. The maximum Gasteiger partial charge on any atom is 0.221 e. The summed E-state index contributed by atoms with van der Waals surface area (Å²) in [5.74, 6) is 5.89. The van der Waals surface area contributed by atoms with Crippen LogP contribution >= 0.6 is 11.6 Å². The van der Waals surface area contributed by atoms with Gasteiger partial charge in [-0.1, -0.05) is 17.7 Å². The summed E-state index contributed by atoms with van der Waals surface area (Å²) in [4.78, 5) is 4.28. The Morgan fingerprint density at radius 2 is 2.17 bits per heavy atom. The third-order valence-corrected chi connectivity index (χ3v) is 3.51. The first-order valence-electron chi connectivity index (χ1n) is 7.07. The average molecular weight is 337 g/mol. The maximum atomic E-state index is 13.7. The number of pyridine rings is 1. The second-order valence-electron chi connectivity index (χ2n) is 4.97. The van der Waals surface area contributed by atoms with E-state index in [0.717, 1.165) is 5.56 Å². The van der Waals surface area contributed by atoms with E-state index in [1.807, 2.05) is 13.0 Å². The zero-order valence-electron chi connectivity index (χ0n) is 12.9. The van der Waals surface area contributed by atoms with Gasteiger partial charge >= 0.3 is 0 Å². The number of nitrogens with zero attached hydrogens (tertiary/aromatic N) is 2. The number of ether oxygens (including phenoxy) is 1. The number of hydrogen-bond acceptors (Lipinski definition) is 4. The first kappa shape index (κ1) is 17.2. The molecular weight excluding hydrogens is 319 g/mol. The predicted octanol–water partition coefficient (Wildman–Crippen LogP) is 3.61. The predicted molar refractivity (Wildman–Crippen MR) is 88.9 cm³/mol. The molecule has 0 amide bonds. The Labute approximate surface area is 139 Å². The highest BCUT2D eigenvalue weighted by molar-refractivity contribution is 6.30. The molecule has 1 heterocycles. The van der Waals surface area contributed by atoms with Gasteiger partial charge in [-0.05, 0) is 43.2 Å². The molecule has 23 heavy (non-hydrogen) atoms. The summed E-state index contributed by atoms with van der Waals surface area (Å²) in [7, 11) is 0. The lowest BCUT2D eigenvalue weighted by Gasteiger charge is -2.18. The number of amidine groups is 1. The molecular formula is C16H18ClFN4O. The fourth-order valence-electron chi connectivity index (χ4n) is 2.02. The summed E-state index contributed by atoms with van der Waals surface area (Å²) >= 11 is 5.74. The van der Waals surface area contributed by atoms with E-state index in [1.54, 1.807) is 19.2 Å². The molecule has 0 saturated carbocycles. The topological polar surface area (TPSA) is 75.2 Å². The number of benzene rings is 1. The van der Waals surface area contributed by atoms with Gasteiger partial charge in [0.15, 0.2) is 0 Å². The highest BCUT2D eigenvalue weighted by Crippen LogP contribution is 2.31. The Morgan fingerprint density at radius 1 is 1.43 bits per heavy atom. The minimum absolute atomic E-state index is 0.0587.